The predicted molar refractivity (Wildman–Crippen MR) is 85.9 cm³/mol. The van der Waals surface area contributed by atoms with Crippen LogP contribution in [0.1, 0.15) is 29.7 Å². The van der Waals surface area contributed by atoms with Crippen LogP contribution in [0.15, 0.2) is 42.5 Å². The van der Waals surface area contributed by atoms with Gasteiger partial charge < -0.3 is 15.2 Å². The number of methoxy groups -OCH3 is 1. The van der Waals surface area contributed by atoms with Gasteiger partial charge in [0.25, 0.3) is 0 Å². The van der Waals surface area contributed by atoms with Crippen LogP contribution in [0.3, 0.4) is 0 Å². The minimum absolute atomic E-state index is 0.151. The van der Waals surface area contributed by atoms with Gasteiger partial charge in [-0.05, 0) is 38.5 Å². The summed E-state index contributed by atoms with van der Waals surface area (Å²) in [5, 5.41) is 0. The smallest absolute Gasteiger partial charge is 0.142 e. The minimum atomic E-state index is -0.248. The van der Waals surface area contributed by atoms with E-state index in [4.69, 9.17) is 15.2 Å². The molecular formula is C18H23NO2. The quantitative estimate of drug-likeness (QED) is 0.909. The molecule has 0 saturated heterocycles. The van der Waals surface area contributed by atoms with Gasteiger partial charge in [0.2, 0.25) is 0 Å². The first-order chi connectivity index (χ1) is 10.0. The maximum atomic E-state index is 6.19. The first kappa shape index (κ1) is 15.4. The summed E-state index contributed by atoms with van der Waals surface area (Å²) >= 11 is 0. The number of rotatable bonds is 5. The molecule has 2 unspecified atom stereocenters. The third-order valence-corrected chi connectivity index (χ3v) is 3.51. The SMILES string of the molecule is COc1ccccc1C(Oc1ccc(C)cc1C)C(C)N. The average molecular weight is 285 g/mol. The molecule has 0 spiro atoms. The fourth-order valence-electron chi connectivity index (χ4n) is 2.42. The van der Waals surface area contributed by atoms with Gasteiger partial charge in [0.05, 0.1) is 7.11 Å². The Morgan fingerprint density at radius 1 is 1.00 bits per heavy atom. The van der Waals surface area contributed by atoms with Crippen LogP contribution in [-0.4, -0.2) is 13.2 Å². The van der Waals surface area contributed by atoms with Gasteiger partial charge in [-0.3, -0.25) is 0 Å². The first-order valence-corrected chi connectivity index (χ1v) is 7.15. The lowest BCUT2D eigenvalue weighted by Gasteiger charge is -2.25. The molecule has 2 N–H and O–H groups in total. The third kappa shape index (κ3) is 3.56. The van der Waals surface area contributed by atoms with Gasteiger partial charge in [-0.25, -0.2) is 0 Å². The van der Waals surface area contributed by atoms with Crippen molar-refractivity contribution in [3.05, 3.63) is 59.2 Å². The standard InChI is InChI=1S/C18H23NO2/c1-12-9-10-16(13(2)11-12)21-18(14(3)19)15-7-5-6-8-17(15)20-4/h5-11,14,18H,19H2,1-4H3. The number of para-hydroxylation sites is 1. The van der Waals surface area contributed by atoms with Gasteiger partial charge in [-0.1, -0.05) is 35.9 Å². The van der Waals surface area contributed by atoms with Gasteiger partial charge in [-0.2, -0.15) is 0 Å². The fraction of sp³-hybridized carbons (Fsp3) is 0.333. The van der Waals surface area contributed by atoms with E-state index in [-0.39, 0.29) is 12.1 Å². The molecular weight excluding hydrogens is 262 g/mol. The van der Waals surface area contributed by atoms with Gasteiger partial charge >= 0.3 is 0 Å². The summed E-state index contributed by atoms with van der Waals surface area (Å²) in [5.41, 5.74) is 9.43. The van der Waals surface area contributed by atoms with E-state index in [0.29, 0.717) is 0 Å². The average Bonchev–Trinajstić information content (AvgIpc) is 2.46. The van der Waals surface area contributed by atoms with Crippen LogP contribution < -0.4 is 15.2 Å². The zero-order valence-corrected chi connectivity index (χ0v) is 13.1. The van der Waals surface area contributed by atoms with E-state index in [2.05, 4.69) is 13.0 Å². The van der Waals surface area contributed by atoms with Gasteiger partial charge in [-0.15, -0.1) is 0 Å². The van der Waals surface area contributed by atoms with Gasteiger partial charge in [0, 0.05) is 11.6 Å². The molecule has 0 fully saturated rings. The second-order valence-electron chi connectivity index (χ2n) is 5.41. The number of ether oxygens (including phenoxy) is 2. The lowest BCUT2D eigenvalue weighted by molar-refractivity contribution is 0.175. The molecule has 0 aliphatic carbocycles. The molecule has 0 saturated carbocycles. The van der Waals surface area contributed by atoms with Crippen molar-refractivity contribution >= 4 is 0 Å². The van der Waals surface area contributed by atoms with Crippen LogP contribution in [0, 0.1) is 13.8 Å². The van der Waals surface area contributed by atoms with Crippen molar-refractivity contribution in [2.75, 3.05) is 7.11 Å². The topological polar surface area (TPSA) is 44.5 Å². The Morgan fingerprint density at radius 3 is 2.33 bits per heavy atom. The Hall–Kier alpha value is -2.00. The molecule has 0 aliphatic rings. The molecule has 0 amide bonds. The molecule has 3 heteroatoms. The normalized spacial score (nSPS) is 13.6. The van der Waals surface area contributed by atoms with Crippen LogP contribution in [0.4, 0.5) is 0 Å². The number of hydrogen-bond acceptors (Lipinski definition) is 3. The van der Waals surface area contributed by atoms with Crippen molar-refractivity contribution in [3.63, 3.8) is 0 Å². The van der Waals surface area contributed by atoms with Crippen molar-refractivity contribution < 1.29 is 9.47 Å². The third-order valence-electron chi connectivity index (χ3n) is 3.51. The predicted octanol–water partition coefficient (Wildman–Crippen LogP) is 3.78. The number of benzene rings is 2. The Morgan fingerprint density at radius 2 is 1.71 bits per heavy atom. The highest BCUT2D eigenvalue weighted by Gasteiger charge is 2.22. The van der Waals surface area contributed by atoms with Gasteiger partial charge in [0.15, 0.2) is 0 Å². The van der Waals surface area contributed by atoms with Crippen LogP contribution in [0.25, 0.3) is 0 Å². The summed E-state index contributed by atoms with van der Waals surface area (Å²) in [5.74, 6) is 1.65. The summed E-state index contributed by atoms with van der Waals surface area (Å²) in [7, 11) is 1.66. The van der Waals surface area contributed by atoms with Crippen LogP contribution in [-0.2, 0) is 0 Å². The highest BCUT2D eigenvalue weighted by molar-refractivity contribution is 5.39. The molecule has 2 aromatic carbocycles. The molecule has 0 aromatic heterocycles. The summed E-state index contributed by atoms with van der Waals surface area (Å²) in [4.78, 5) is 0. The largest absolute Gasteiger partial charge is 0.496 e. The van der Waals surface area contributed by atoms with E-state index in [9.17, 15) is 0 Å². The van der Waals surface area contributed by atoms with Crippen molar-refractivity contribution in [2.24, 2.45) is 5.73 Å². The summed E-state index contributed by atoms with van der Waals surface area (Å²) < 4.78 is 11.6. The first-order valence-electron chi connectivity index (χ1n) is 7.15. The van der Waals surface area contributed by atoms with E-state index in [0.717, 1.165) is 22.6 Å². The van der Waals surface area contributed by atoms with Crippen LogP contribution in [0.2, 0.25) is 0 Å². The second-order valence-corrected chi connectivity index (χ2v) is 5.41. The van der Waals surface area contributed by atoms with Crippen LogP contribution >= 0.6 is 0 Å². The Kier molecular flexibility index (Phi) is 4.86. The molecule has 0 aliphatic heterocycles. The summed E-state index contributed by atoms with van der Waals surface area (Å²) in [6.45, 7) is 6.06. The zero-order valence-electron chi connectivity index (χ0n) is 13.1. The maximum Gasteiger partial charge on any atom is 0.142 e. The van der Waals surface area contributed by atoms with E-state index < -0.39 is 0 Å². The number of nitrogens with two attached hydrogens (primary N) is 1. The van der Waals surface area contributed by atoms with Crippen molar-refractivity contribution in [1.29, 1.82) is 0 Å². The highest BCUT2D eigenvalue weighted by atomic mass is 16.5. The molecule has 2 atom stereocenters. The molecule has 3 nitrogen and oxygen atoms in total. The monoisotopic (exact) mass is 285 g/mol. The molecule has 0 bridgehead atoms. The highest BCUT2D eigenvalue weighted by Crippen LogP contribution is 2.32. The Labute approximate surface area is 126 Å². The van der Waals surface area contributed by atoms with E-state index in [1.54, 1.807) is 7.11 Å². The van der Waals surface area contributed by atoms with Crippen molar-refractivity contribution in [3.8, 4) is 11.5 Å². The van der Waals surface area contributed by atoms with E-state index >= 15 is 0 Å². The molecule has 2 aromatic rings. The van der Waals surface area contributed by atoms with E-state index in [1.807, 2.05) is 50.2 Å². The van der Waals surface area contributed by atoms with Crippen molar-refractivity contribution in [1.82, 2.24) is 0 Å². The summed E-state index contributed by atoms with van der Waals surface area (Å²) in [6.07, 6.45) is -0.248. The Balaban J connectivity index is 2.36. The minimum Gasteiger partial charge on any atom is -0.496 e. The van der Waals surface area contributed by atoms with Crippen LogP contribution in [0.5, 0.6) is 11.5 Å². The lowest BCUT2D eigenvalue weighted by Crippen LogP contribution is -2.29. The van der Waals surface area contributed by atoms with E-state index in [1.165, 1.54) is 5.56 Å². The Bertz CT molecular complexity index is 608. The summed E-state index contributed by atoms with van der Waals surface area (Å²) in [6, 6.07) is 13.8. The maximum absolute atomic E-state index is 6.19. The molecule has 21 heavy (non-hydrogen) atoms. The second kappa shape index (κ2) is 6.64. The number of hydrogen-bond donors (Lipinski definition) is 1. The number of aryl methyl sites for hydroxylation is 2. The molecule has 0 heterocycles. The molecule has 112 valence electrons. The fourth-order valence-corrected chi connectivity index (χ4v) is 2.42. The lowest BCUT2D eigenvalue weighted by atomic mass is 10.0. The van der Waals surface area contributed by atoms with Gasteiger partial charge in [0.1, 0.15) is 17.6 Å². The molecule has 2 rings (SSSR count). The van der Waals surface area contributed by atoms with Crippen molar-refractivity contribution in [2.45, 2.75) is 32.9 Å². The molecule has 0 radical (unpaired) electrons. The zero-order chi connectivity index (χ0) is 15.4.